The quantitative estimate of drug-likeness (QED) is 0.785. The topological polar surface area (TPSA) is 60.7 Å². The fourth-order valence-corrected chi connectivity index (χ4v) is 2.62. The molecule has 0 radical (unpaired) electrons. The molecule has 6 heteroatoms. The first-order valence-corrected chi connectivity index (χ1v) is 7.80. The highest BCUT2D eigenvalue weighted by molar-refractivity contribution is 5.56. The first-order valence-electron chi connectivity index (χ1n) is 7.80. The molecule has 1 saturated heterocycles. The van der Waals surface area contributed by atoms with Gasteiger partial charge in [-0.15, -0.1) is 5.10 Å². The van der Waals surface area contributed by atoms with Crippen molar-refractivity contribution in [2.24, 2.45) is 0 Å². The summed E-state index contributed by atoms with van der Waals surface area (Å²) in [4.78, 5) is 4.48. The molecule has 4 rings (SSSR count). The Bertz CT molecular complexity index is 782. The van der Waals surface area contributed by atoms with Crippen molar-refractivity contribution in [2.75, 3.05) is 18.5 Å². The Morgan fingerprint density at radius 1 is 1.26 bits per heavy atom. The van der Waals surface area contributed by atoms with E-state index in [-0.39, 0.29) is 6.10 Å². The van der Waals surface area contributed by atoms with Gasteiger partial charge >= 0.3 is 0 Å². The van der Waals surface area contributed by atoms with Gasteiger partial charge in [-0.3, -0.25) is 0 Å². The maximum absolute atomic E-state index is 5.80. The van der Waals surface area contributed by atoms with E-state index in [1.807, 2.05) is 48.7 Å². The number of pyridine rings is 1. The average molecular weight is 310 g/mol. The normalized spacial score (nSPS) is 17.5. The average Bonchev–Trinajstić information content (AvgIpc) is 3.22. The van der Waals surface area contributed by atoms with E-state index in [0.29, 0.717) is 12.6 Å². The minimum Gasteiger partial charge on any atom is -0.491 e. The molecule has 1 atom stereocenters. The van der Waals surface area contributed by atoms with E-state index in [9.17, 15) is 0 Å². The number of fused-ring (bicyclic) bond motifs is 1. The highest BCUT2D eigenvalue weighted by Crippen LogP contribution is 2.19. The van der Waals surface area contributed by atoms with E-state index >= 15 is 0 Å². The molecule has 1 aliphatic heterocycles. The number of hydrogen-bond acceptors (Lipinski definition) is 5. The smallest absolute Gasteiger partial charge is 0.247 e. The predicted octanol–water partition coefficient (Wildman–Crippen LogP) is 3.03. The number of rotatable bonds is 5. The van der Waals surface area contributed by atoms with E-state index in [0.717, 1.165) is 36.5 Å². The summed E-state index contributed by atoms with van der Waals surface area (Å²) in [5.41, 5.74) is 1.70. The third-order valence-corrected chi connectivity index (χ3v) is 3.80. The van der Waals surface area contributed by atoms with E-state index in [1.54, 1.807) is 4.52 Å². The van der Waals surface area contributed by atoms with Gasteiger partial charge in [-0.1, -0.05) is 18.2 Å². The third kappa shape index (κ3) is 3.27. The predicted molar refractivity (Wildman–Crippen MR) is 87.2 cm³/mol. The maximum atomic E-state index is 5.80. The zero-order chi connectivity index (χ0) is 15.5. The van der Waals surface area contributed by atoms with Crippen LogP contribution in [0.25, 0.3) is 5.65 Å². The molecule has 1 fully saturated rings. The van der Waals surface area contributed by atoms with Crippen LogP contribution in [-0.4, -0.2) is 33.9 Å². The summed E-state index contributed by atoms with van der Waals surface area (Å²) in [5, 5.41) is 7.59. The van der Waals surface area contributed by atoms with Crippen molar-refractivity contribution < 1.29 is 9.47 Å². The lowest BCUT2D eigenvalue weighted by molar-refractivity contribution is 0.0679. The van der Waals surface area contributed by atoms with Crippen LogP contribution in [0.2, 0.25) is 0 Å². The SMILES string of the molecule is c1ccc(Nc2nc3cc(OCC4CCCO4)ccn3n2)cc1. The van der Waals surface area contributed by atoms with E-state index in [4.69, 9.17) is 9.47 Å². The number of anilines is 2. The first kappa shape index (κ1) is 14.0. The standard InChI is InChI=1S/C17H18N4O2/c1-2-5-13(6-3-1)18-17-19-16-11-14(8-9-21(16)20-17)23-12-15-7-4-10-22-15/h1-3,5-6,8-9,11,15H,4,7,10,12H2,(H,18,20). The number of aromatic nitrogens is 3. The third-order valence-electron chi connectivity index (χ3n) is 3.80. The van der Waals surface area contributed by atoms with E-state index in [1.165, 1.54) is 0 Å². The minimum absolute atomic E-state index is 0.208. The molecule has 0 saturated carbocycles. The van der Waals surface area contributed by atoms with Crippen LogP contribution in [-0.2, 0) is 4.74 Å². The Labute approximate surface area is 134 Å². The zero-order valence-electron chi connectivity index (χ0n) is 12.7. The van der Waals surface area contributed by atoms with Crippen molar-refractivity contribution >= 4 is 17.3 Å². The fraction of sp³-hybridized carbons (Fsp3) is 0.294. The molecule has 1 aromatic carbocycles. The molecule has 1 N–H and O–H groups in total. The number of nitrogens with zero attached hydrogens (tertiary/aromatic N) is 3. The first-order chi connectivity index (χ1) is 11.4. The van der Waals surface area contributed by atoms with Crippen molar-refractivity contribution in [3.8, 4) is 5.75 Å². The second-order valence-corrected chi connectivity index (χ2v) is 5.54. The van der Waals surface area contributed by atoms with Gasteiger partial charge in [0.2, 0.25) is 5.95 Å². The van der Waals surface area contributed by atoms with Crippen LogP contribution in [0.4, 0.5) is 11.6 Å². The number of ether oxygens (including phenoxy) is 2. The molecule has 3 heterocycles. The molecule has 3 aromatic rings. The van der Waals surface area contributed by atoms with Gasteiger partial charge in [-0.05, 0) is 31.0 Å². The lowest BCUT2D eigenvalue weighted by Crippen LogP contribution is -2.16. The Kier molecular flexibility index (Phi) is 3.81. The molecule has 0 amide bonds. The highest BCUT2D eigenvalue weighted by atomic mass is 16.5. The van der Waals surface area contributed by atoms with Crippen LogP contribution in [0, 0.1) is 0 Å². The van der Waals surface area contributed by atoms with Gasteiger partial charge in [0.1, 0.15) is 12.4 Å². The molecule has 6 nitrogen and oxygen atoms in total. The van der Waals surface area contributed by atoms with Crippen molar-refractivity contribution in [3.05, 3.63) is 48.7 Å². The van der Waals surface area contributed by atoms with Crippen molar-refractivity contribution in [3.63, 3.8) is 0 Å². The second kappa shape index (κ2) is 6.26. The molecule has 118 valence electrons. The van der Waals surface area contributed by atoms with Gasteiger partial charge in [0.15, 0.2) is 5.65 Å². The molecule has 23 heavy (non-hydrogen) atoms. The molecule has 2 aromatic heterocycles. The van der Waals surface area contributed by atoms with Gasteiger partial charge in [0.25, 0.3) is 0 Å². The number of hydrogen-bond donors (Lipinski definition) is 1. The summed E-state index contributed by atoms with van der Waals surface area (Å²) < 4.78 is 13.1. The lowest BCUT2D eigenvalue weighted by Gasteiger charge is -2.11. The van der Waals surface area contributed by atoms with Crippen molar-refractivity contribution in [1.82, 2.24) is 14.6 Å². The summed E-state index contributed by atoms with van der Waals surface area (Å²) in [6.07, 6.45) is 4.24. The van der Waals surface area contributed by atoms with Crippen LogP contribution < -0.4 is 10.1 Å². The zero-order valence-corrected chi connectivity index (χ0v) is 12.7. The molecule has 0 spiro atoms. The van der Waals surface area contributed by atoms with Crippen molar-refractivity contribution in [1.29, 1.82) is 0 Å². The molecular weight excluding hydrogens is 292 g/mol. The van der Waals surface area contributed by atoms with Gasteiger partial charge in [-0.25, -0.2) is 4.52 Å². The van der Waals surface area contributed by atoms with Gasteiger partial charge < -0.3 is 14.8 Å². The summed E-state index contributed by atoms with van der Waals surface area (Å²) in [7, 11) is 0. The minimum atomic E-state index is 0.208. The van der Waals surface area contributed by atoms with Crippen LogP contribution in [0.1, 0.15) is 12.8 Å². The van der Waals surface area contributed by atoms with Crippen LogP contribution in [0.15, 0.2) is 48.7 Å². The summed E-state index contributed by atoms with van der Waals surface area (Å²) in [6.45, 7) is 1.42. The van der Waals surface area contributed by atoms with E-state index in [2.05, 4.69) is 15.4 Å². The Hall–Kier alpha value is -2.60. The molecule has 1 unspecified atom stereocenters. The monoisotopic (exact) mass is 310 g/mol. The Balaban J connectivity index is 1.47. The molecule has 1 aliphatic rings. The number of nitrogens with one attached hydrogen (secondary N) is 1. The Morgan fingerprint density at radius 2 is 2.17 bits per heavy atom. The van der Waals surface area contributed by atoms with Crippen LogP contribution >= 0.6 is 0 Å². The Morgan fingerprint density at radius 3 is 3.00 bits per heavy atom. The summed E-state index contributed by atoms with van der Waals surface area (Å²) in [5.74, 6) is 1.35. The molecular formula is C17H18N4O2. The number of benzene rings is 1. The molecule has 0 aliphatic carbocycles. The van der Waals surface area contributed by atoms with Crippen LogP contribution in [0.5, 0.6) is 5.75 Å². The van der Waals surface area contributed by atoms with Gasteiger partial charge in [0, 0.05) is 24.6 Å². The highest BCUT2D eigenvalue weighted by Gasteiger charge is 2.16. The van der Waals surface area contributed by atoms with Gasteiger partial charge in [0.05, 0.1) is 6.10 Å². The fourth-order valence-electron chi connectivity index (χ4n) is 2.62. The van der Waals surface area contributed by atoms with Crippen molar-refractivity contribution in [2.45, 2.75) is 18.9 Å². The van der Waals surface area contributed by atoms with Gasteiger partial charge in [-0.2, -0.15) is 4.98 Å². The lowest BCUT2D eigenvalue weighted by atomic mass is 10.2. The van der Waals surface area contributed by atoms with Crippen LogP contribution in [0.3, 0.4) is 0 Å². The maximum Gasteiger partial charge on any atom is 0.247 e. The largest absolute Gasteiger partial charge is 0.491 e. The van der Waals surface area contributed by atoms with E-state index < -0.39 is 0 Å². The number of para-hydroxylation sites is 1. The second-order valence-electron chi connectivity index (χ2n) is 5.54. The molecule has 0 bridgehead atoms. The summed E-state index contributed by atoms with van der Waals surface area (Å²) >= 11 is 0. The summed E-state index contributed by atoms with van der Waals surface area (Å²) in [6, 6.07) is 13.6.